The molecule has 1 amide bonds. The van der Waals surface area contributed by atoms with Gasteiger partial charge in [0.25, 0.3) is 0 Å². The standard InChI is InChI=1S/C18H22ClN3O4S/c1-18(2,3)15-11-16(21-26-15)20-17(23)14-5-4-10-22(14)27(24,25)13-8-6-12(19)7-9-13/h6-9,11,14H,4-5,10H2,1-3H3,(H,20,21,23)/t14-/m0/s1. The van der Waals surface area contributed by atoms with E-state index in [0.29, 0.717) is 23.6 Å². The summed E-state index contributed by atoms with van der Waals surface area (Å²) in [4.78, 5) is 12.8. The maximum Gasteiger partial charge on any atom is 0.244 e. The summed E-state index contributed by atoms with van der Waals surface area (Å²) < 4.78 is 32.3. The van der Waals surface area contributed by atoms with Crippen molar-refractivity contribution in [3.63, 3.8) is 0 Å². The number of carbonyl (C=O) groups is 1. The first-order valence-electron chi connectivity index (χ1n) is 8.64. The third-order valence-corrected chi connectivity index (χ3v) is 6.60. The molecule has 27 heavy (non-hydrogen) atoms. The van der Waals surface area contributed by atoms with Crippen LogP contribution in [0.4, 0.5) is 5.82 Å². The lowest BCUT2D eigenvalue weighted by Gasteiger charge is -2.23. The van der Waals surface area contributed by atoms with Crippen molar-refractivity contribution in [1.82, 2.24) is 9.46 Å². The number of sulfonamides is 1. The molecule has 0 spiro atoms. The Bertz CT molecular complexity index is 932. The number of aromatic nitrogens is 1. The third-order valence-electron chi connectivity index (χ3n) is 4.43. The van der Waals surface area contributed by atoms with E-state index in [9.17, 15) is 13.2 Å². The van der Waals surface area contributed by atoms with Gasteiger partial charge in [-0.2, -0.15) is 4.31 Å². The van der Waals surface area contributed by atoms with Crippen molar-refractivity contribution in [3.05, 3.63) is 41.1 Å². The molecule has 2 heterocycles. The van der Waals surface area contributed by atoms with E-state index in [-0.39, 0.29) is 22.7 Å². The van der Waals surface area contributed by atoms with Gasteiger partial charge in [-0.3, -0.25) is 4.79 Å². The lowest BCUT2D eigenvalue weighted by atomic mass is 9.93. The van der Waals surface area contributed by atoms with Crippen molar-refractivity contribution >= 4 is 33.3 Å². The van der Waals surface area contributed by atoms with Crippen LogP contribution < -0.4 is 5.32 Å². The van der Waals surface area contributed by atoms with E-state index in [4.69, 9.17) is 16.1 Å². The Hall–Kier alpha value is -1.90. The van der Waals surface area contributed by atoms with E-state index in [2.05, 4.69) is 10.5 Å². The summed E-state index contributed by atoms with van der Waals surface area (Å²) in [5, 5.41) is 6.98. The number of anilines is 1. The molecule has 7 nitrogen and oxygen atoms in total. The number of amides is 1. The Labute approximate surface area is 163 Å². The fourth-order valence-corrected chi connectivity index (χ4v) is 4.71. The Morgan fingerprint density at radius 1 is 1.30 bits per heavy atom. The fraction of sp³-hybridized carbons (Fsp3) is 0.444. The molecule has 1 N–H and O–H groups in total. The van der Waals surface area contributed by atoms with Gasteiger partial charge in [-0.1, -0.05) is 37.5 Å². The van der Waals surface area contributed by atoms with E-state index in [1.807, 2.05) is 20.8 Å². The fourth-order valence-electron chi connectivity index (χ4n) is 2.93. The number of hydrogen-bond acceptors (Lipinski definition) is 5. The second kappa shape index (κ2) is 7.26. The van der Waals surface area contributed by atoms with Crippen LogP contribution in [0.25, 0.3) is 0 Å². The summed E-state index contributed by atoms with van der Waals surface area (Å²) in [6.45, 7) is 6.19. The van der Waals surface area contributed by atoms with Gasteiger partial charge < -0.3 is 9.84 Å². The molecule has 0 radical (unpaired) electrons. The molecule has 2 aromatic rings. The first-order valence-corrected chi connectivity index (χ1v) is 10.5. The smallest absolute Gasteiger partial charge is 0.244 e. The van der Waals surface area contributed by atoms with Gasteiger partial charge in [-0.25, -0.2) is 8.42 Å². The molecule has 1 aromatic carbocycles. The van der Waals surface area contributed by atoms with Crippen LogP contribution in [-0.2, 0) is 20.2 Å². The van der Waals surface area contributed by atoms with Crippen LogP contribution in [0.2, 0.25) is 5.02 Å². The molecule has 3 rings (SSSR count). The molecule has 0 bridgehead atoms. The van der Waals surface area contributed by atoms with Gasteiger partial charge in [0.15, 0.2) is 5.82 Å². The SMILES string of the molecule is CC(C)(C)c1cc(NC(=O)[C@@H]2CCCN2S(=O)(=O)c2ccc(Cl)cc2)no1. The summed E-state index contributed by atoms with van der Waals surface area (Å²) in [6.07, 6.45) is 1.06. The molecule has 9 heteroatoms. The van der Waals surface area contributed by atoms with Crippen LogP contribution in [0.15, 0.2) is 39.8 Å². The zero-order valence-electron chi connectivity index (χ0n) is 15.4. The zero-order valence-corrected chi connectivity index (χ0v) is 17.0. The van der Waals surface area contributed by atoms with Crippen molar-refractivity contribution in [2.24, 2.45) is 0 Å². The van der Waals surface area contributed by atoms with Crippen molar-refractivity contribution in [3.8, 4) is 0 Å². The highest BCUT2D eigenvalue weighted by molar-refractivity contribution is 7.89. The summed E-state index contributed by atoms with van der Waals surface area (Å²) in [5.74, 6) is 0.495. The summed E-state index contributed by atoms with van der Waals surface area (Å²) in [6, 6.07) is 6.79. The number of rotatable bonds is 4. The molecular weight excluding hydrogens is 390 g/mol. The van der Waals surface area contributed by atoms with Gasteiger partial charge in [0, 0.05) is 23.0 Å². The first kappa shape index (κ1) is 19.9. The van der Waals surface area contributed by atoms with Gasteiger partial charge in [-0.15, -0.1) is 0 Å². The topological polar surface area (TPSA) is 92.5 Å². The molecule has 1 fully saturated rings. The van der Waals surface area contributed by atoms with Gasteiger partial charge in [0.1, 0.15) is 11.8 Å². The zero-order chi connectivity index (χ0) is 19.8. The Morgan fingerprint density at radius 2 is 1.96 bits per heavy atom. The number of halogens is 1. The molecule has 1 atom stereocenters. The summed E-state index contributed by atoms with van der Waals surface area (Å²) >= 11 is 5.84. The summed E-state index contributed by atoms with van der Waals surface area (Å²) in [5.41, 5.74) is -0.243. The Morgan fingerprint density at radius 3 is 2.56 bits per heavy atom. The Balaban J connectivity index is 1.78. The average molecular weight is 412 g/mol. The lowest BCUT2D eigenvalue weighted by molar-refractivity contribution is -0.119. The van der Waals surface area contributed by atoms with Gasteiger partial charge in [0.05, 0.1) is 4.90 Å². The van der Waals surface area contributed by atoms with Crippen LogP contribution >= 0.6 is 11.6 Å². The minimum Gasteiger partial charge on any atom is -0.359 e. The van der Waals surface area contributed by atoms with E-state index >= 15 is 0 Å². The predicted molar refractivity (Wildman–Crippen MR) is 102 cm³/mol. The second-order valence-corrected chi connectivity index (χ2v) is 9.87. The van der Waals surface area contributed by atoms with Crippen LogP contribution in [0, 0.1) is 0 Å². The highest BCUT2D eigenvalue weighted by atomic mass is 35.5. The van der Waals surface area contributed by atoms with Crippen LogP contribution in [0.5, 0.6) is 0 Å². The highest BCUT2D eigenvalue weighted by Crippen LogP contribution is 2.28. The molecule has 1 aliphatic rings. The van der Waals surface area contributed by atoms with Gasteiger partial charge in [0.2, 0.25) is 15.9 Å². The van der Waals surface area contributed by atoms with Crippen molar-refractivity contribution in [2.75, 3.05) is 11.9 Å². The number of nitrogens with zero attached hydrogens (tertiary/aromatic N) is 2. The van der Waals surface area contributed by atoms with E-state index < -0.39 is 22.0 Å². The number of carbonyl (C=O) groups excluding carboxylic acids is 1. The molecular formula is C18H22ClN3O4S. The molecule has 146 valence electrons. The van der Waals surface area contributed by atoms with Gasteiger partial charge in [-0.05, 0) is 37.1 Å². The van der Waals surface area contributed by atoms with E-state index in [1.54, 1.807) is 6.07 Å². The van der Waals surface area contributed by atoms with Crippen molar-refractivity contribution in [2.45, 2.75) is 50.0 Å². The van der Waals surface area contributed by atoms with E-state index in [0.717, 1.165) is 0 Å². The van der Waals surface area contributed by atoms with Crippen molar-refractivity contribution in [1.29, 1.82) is 0 Å². The van der Waals surface area contributed by atoms with Crippen LogP contribution in [0.3, 0.4) is 0 Å². The third kappa shape index (κ3) is 4.17. The number of benzene rings is 1. The molecule has 0 aliphatic carbocycles. The minimum absolute atomic E-state index is 0.114. The highest BCUT2D eigenvalue weighted by Gasteiger charge is 2.39. The average Bonchev–Trinajstić information content (AvgIpc) is 3.24. The van der Waals surface area contributed by atoms with E-state index in [1.165, 1.54) is 28.6 Å². The molecule has 0 saturated carbocycles. The second-order valence-electron chi connectivity index (χ2n) is 7.54. The monoisotopic (exact) mass is 411 g/mol. The largest absolute Gasteiger partial charge is 0.359 e. The predicted octanol–water partition coefficient (Wildman–Crippen LogP) is 3.42. The normalized spacial score (nSPS) is 18.6. The quantitative estimate of drug-likeness (QED) is 0.832. The number of nitrogens with one attached hydrogen (secondary N) is 1. The molecule has 1 aliphatic heterocycles. The molecule has 1 saturated heterocycles. The van der Waals surface area contributed by atoms with Gasteiger partial charge >= 0.3 is 0 Å². The lowest BCUT2D eigenvalue weighted by Crippen LogP contribution is -2.43. The van der Waals surface area contributed by atoms with Crippen molar-refractivity contribution < 1.29 is 17.7 Å². The molecule has 0 unspecified atom stereocenters. The molecule has 1 aromatic heterocycles. The maximum absolute atomic E-state index is 12.9. The summed E-state index contributed by atoms with van der Waals surface area (Å²) in [7, 11) is -3.79. The van der Waals surface area contributed by atoms with Crippen LogP contribution in [-0.4, -0.2) is 36.4 Å². The minimum atomic E-state index is -3.79. The number of hydrogen-bond donors (Lipinski definition) is 1. The Kier molecular flexibility index (Phi) is 5.33. The van der Waals surface area contributed by atoms with Crippen LogP contribution in [0.1, 0.15) is 39.4 Å². The maximum atomic E-state index is 12.9. The first-order chi connectivity index (χ1) is 12.6.